The first-order valence-corrected chi connectivity index (χ1v) is 8.30. The highest BCUT2D eigenvalue weighted by Crippen LogP contribution is 2.08. The zero-order chi connectivity index (χ0) is 14.1. The highest BCUT2D eigenvalue weighted by atomic mass is 15.3. The van der Waals surface area contributed by atoms with Crippen molar-refractivity contribution < 1.29 is 0 Å². The molecule has 1 aliphatic rings. The van der Waals surface area contributed by atoms with Crippen molar-refractivity contribution in [3.05, 3.63) is 0 Å². The lowest BCUT2D eigenvalue weighted by Crippen LogP contribution is -2.52. The van der Waals surface area contributed by atoms with Crippen LogP contribution < -0.4 is 5.32 Å². The van der Waals surface area contributed by atoms with Gasteiger partial charge in [0.1, 0.15) is 0 Å². The van der Waals surface area contributed by atoms with E-state index in [9.17, 15) is 0 Å². The molecule has 0 aromatic carbocycles. The van der Waals surface area contributed by atoms with E-state index in [1.807, 2.05) is 0 Å². The van der Waals surface area contributed by atoms with Gasteiger partial charge in [0.2, 0.25) is 0 Å². The molecule has 1 unspecified atom stereocenters. The van der Waals surface area contributed by atoms with Crippen LogP contribution in [0.3, 0.4) is 0 Å². The molecule has 1 N–H and O–H groups in total. The molecule has 0 spiro atoms. The Morgan fingerprint density at radius 2 is 1.68 bits per heavy atom. The Kier molecular flexibility index (Phi) is 8.67. The smallest absolute Gasteiger partial charge is 0.0193 e. The van der Waals surface area contributed by atoms with Gasteiger partial charge in [-0.05, 0) is 25.8 Å². The summed E-state index contributed by atoms with van der Waals surface area (Å²) in [6, 6.07) is 0.683. The van der Waals surface area contributed by atoms with Crippen LogP contribution in [0.4, 0.5) is 0 Å². The maximum Gasteiger partial charge on any atom is 0.0193 e. The molecule has 0 aromatic heterocycles. The van der Waals surface area contributed by atoms with Gasteiger partial charge in [-0.3, -0.25) is 4.90 Å². The summed E-state index contributed by atoms with van der Waals surface area (Å²) in [6.45, 7) is 17.8. The summed E-state index contributed by atoms with van der Waals surface area (Å²) in [5, 5.41) is 3.61. The summed E-state index contributed by atoms with van der Waals surface area (Å²) in [5.74, 6) is 0.796. The van der Waals surface area contributed by atoms with Crippen molar-refractivity contribution in [1.82, 2.24) is 15.1 Å². The Balaban J connectivity index is 2.09. The molecular weight excluding hydrogens is 234 g/mol. The Hall–Kier alpha value is -0.120. The van der Waals surface area contributed by atoms with E-state index in [-0.39, 0.29) is 0 Å². The number of hydrogen-bond donors (Lipinski definition) is 1. The number of nitrogens with one attached hydrogen (secondary N) is 1. The summed E-state index contributed by atoms with van der Waals surface area (Å²) < 4.78 is 0. The molecule has 19 heavy (non-hydrogen) atoms. The fourth-order valence-electron chi connectivity index (χ4n) is 2.84. The van der Waals surface area contributed by atoms with Crippen LogP contribution in [0.5, 0.6) is 0 Å². The van der Waals surface area contributed by atoms with E-state index in [1.165, 1.54) is 58.5 Å². The van der Waals surface area contributed by atoms with Crippen LogP contribution in [0.2, 0.25) is 0 Å². The third-order valence-corrected chi connectivity index (χ3v) is 4.05. The minimum Gasteiger partial charge on any atom is -0.315 e. The maximum absolute atomic E-state index is 3.61. The number of hydrogen-bond acceptors (Lipinski definition) is 3. The predicted octanol–water partition coefficient (Wildman–Crippen LogP) is 2.43. The Labute approximate surface area is 120 Å². The molecule has 0 aliphatic carbocycles. The van der Waals surface area contributed by atoms with Gasteiger partial charge in [0, 0.05) is 45.3 Å². The highest BCUT2D eigenvalue weighted by molar-refractivity contribution is 4.77. The number of nitrogens with zero attached hydrogens (tertiary/aromatic N) is 2. The van der Waals surface area contributed by atoms with Gasteiger partial charge in [-0.1, -0.05) is 33.6 Å². The number of unbranched alkanes of at least 4 members (excludes halogenated alkanes) is 2. The molecule has 114 valence electrons. The molecule has 3 nitrogen and oxygen atoms in total. The standard InChI is InChI=1S/C16H35N3/c1-5-6-7-8-17-13-16(4)19-11-9-18(10-12-19)14-15(2)3/h15-17H,5-14H2,1-4H3. The highest BCUT2D eigenvalue weighted by Gasteiger charge is 2.20. The minimum atomic E-state index is 0.683. The van der Waals surface area contributed by atoms with Crippen molar-refractivity contribution in [2.24, 2.45) is 5.92 Å². The minimum absolute atomic E-state index is 0.683. The molecule has 0 amide bonds. The van der Waals surface area contributed by atoms with Crippen LogP contribution in [0, 0.1) is 5.92 Å². The van der Waals surface area contributed by atoms with Crippen molar-refractivity contribution in [3.8, 4) is 0 Å². The molecule has 0 aromatic rings. The average molecular weight is 269 g/mol. The molecule has 1 saturated heterocycles. The molecule has 0 radical (unpaired) electrons. The lowest BCUT2D eigenvalue weighted by molar-refractivity contribution is 0.0943. The van der Waals surface area contributed by atoms with Crippen LogP contribution in [0.25, 0.3) is 0 Å². The van der Waals surface area contributed by atoms with Gasteiger partial charge >= 0.3 is 0 Å². The summed E-state index contributed by atoms with van der Waals surface area (Å²) in [7, 11) is 0. The van der Waals surface area contributed by atoms with E-state index < -0.39 is 0 Å². The topological polar surface area (TPSA) is 18.5 Å². The fourth-order valence-corrected chi connectivity index (χ4v) is 2.84. The van der Waals surface area contributed by atoms with Gasteiger partial charge in [-0.25, -0.2) is 0 Å². The quantitative estimate of drug-likeness (QED) is 0.649. The van der Waals surface area contributed by atoms with Gasteiger partial charge in [0.25, 0.3) is 0 Å². The van der Waals surface area contributed by atoms with Crippen LogP contribution >= 0.6 is 0 Å². The largest absolute Gasteiger partial charge is 0.315 e. The van der Waals surface area contributed by atoms with E-state index in [2.05, 4.69) is 42.8 Å². The second-order valence-electron chi connectivity index (χ2n) is 6.49. The molecule has 0 bridgehead atoms. The lowest BCUT2D eigenvalue weighted by atomic mass is 10.1. The summed E-state index contributed by atoms with van der Waals surface area (Å²) in [5.41, 5.74) is 0. The van der Waals surface area contributed by atoms with E-state index in [4.69, 9.17) is 0 Å². The summed E-state index contributed by atoms with van der Waals surface area (Å²) >= 11 is 0. The molecule has 1 aliphatic heterocycles. The second kappa shape index (κ2) is 9.73. The Morgan fingerprint density at radius 3 is 2.26 bits per heavy atom. The first kappa shape index (κ1) is 16.9. The number of rotatable bonds is 9. The van der Waals surface area contributed by atoms with E-state index in [1.54, 1.807) is 0 Å². The van der Waals surface area contributed by atoms with Gasteiger partial charge in [-0.15, -0.1) is 0 Å². The molecule has 1 heterocycles. The van der Waals surface area contributed by atoms with Gasteiger partial charge in [0.05, 0.1) is 0 Å². The molecule has 3 heteroatoms. The molecule has 1 rings (SSSR count). The van der Waals surface area contributed by atoms with Gasteiger partial charge < -0.3 is 10.2 Å². The van der Waals surface area contributed by atoms with Gasteiger partial charge in [0.15, 0.2) is 0 Å². The van der Waals surface area contributed by atoms with Crippen LogP contribution in [-0.4, -0.2) is 61.7 Å². The fraction of sp³-hybridized carbons (Fsp3) is 1.00. The van der Waals surface area contributed by atoms with Crippen molar-refractivity contribution >= 4 is 0 Å². The van der Waals surface area contributed by atoms with Crippen LogP contribution in [0.15, 0.2) is 0 Å². The molecule has 1 fully saturated rings. The van der Waals surface area contributed by atoms with Crippen LogP contribution in [0.1, 0.15) is 47.0 Å². The summed E-state index contributed by atoms with van der Waals surface area (Å²) in [6.07, 6.45) is 4.00. The average Bonchev–Trinajstić information content (AvgIpc) is 2.38. The third kappa shape index (κ3) is 7.28. The van der Waals surface area contributed by atoms with Crippen molar-refractivity contribution in [2.45, 2.75) is 53.0 Å². The van der Waals surface area contributed by atoms with Gasteiger partial charge in [-0.2, -0.15) is 0 Å². The Morgan fingerprint density at radius 1 is 1.00 bits per heavy atom. The zero-order valence-corrected chi connectivity index (χ0v) is 13.6. The lowest BCUT2D eigenvalue weighted by Gasteiger charge is -2.38. The second-order valence-corrected chi connectivity index (χ2v) is 6.49. The molecular formula is C16H35N3. The molecule has 0 saturated carbocycles. The van der Waals surface area contributed by atoms with E-state index in [0.717, 1.165) is 12.5 Å². The first-order valence-electron chi connectivity index (χ1n) is 8.30. The normalized spacial score (nSPS) is 20.1. The third-order valence-electron chi connectivity index (χ3n) is 4.05. The van der Waals surface area contributed by atoms with Crippen molar-refractivity contribution in [1.29, 1.82) is 0 Å². The van der Waals surface area contributed by atoms with E-state index in [0.29, 0.717) is 6.04 Å². The first-order chi connectivity index (χ1) is 9.13. The zero-order valence-electron chi connectivity index (χ0n) is 13.6. The maximum atomic E-state index is 3.61. The SMILES string of the molecule is CCCCCNCC(C)N1CCN(CC(C)C)CC1. The van der Waals surface area contributed by atoms with Crippen LogP contribution in [-0.2, 0) is 0 Å². The van der Waals surface area contributed by atoms with Crippen molar-refractivity contribution in [3.63, 3.8) is 0 Å². The number of piperazine rings is 1. The molecule has 1 atom stereocenters. The Bertz CT molecular complexity index is 210. The van der Waals surface area contributed by atoms with E-state index >= 15 is 0 Å². The van der Waals surface area contributed by atoms with Crippen molar-refractivity contribution in [2.75, 3.05) is 45.8 Å². The monoisotopic (exact) mass is 269 g/mol. The predicted molar refractivity (Wildman–Crippen MR) is 84.7 cm³/mol. The summed E-state index contributed by atoms with van der Waals surface area (Å²) in [4.78, 5) is 5.26.